The SMILES string of the molecule is c1ccc(-c2ccc(N(c3ccc(-c4ccc(-n5c6ccccc6c6ccccc65)cc4)cc3)c3ccc(-c4ccc5sc6ccccc6c5c4)cc3)cc2)cc1. The Morgan fingerprint density at radius 1 is 0.298 bits per heavy atom. The first-order valence-electron chi connectivity index (χ1n) is 19.4. The van der Waals surface area contributed by atoms with Crippen molar-refractivity contribution in [2.24, 2.45) is 0 Å². The molecule has 268 valence electrons. The number of benzene rings is 9. The number of hydrogen-bond donors (Lipinski definition) is 0. The fraction of sp³-hybridized carbons (Fsp3) is 0. The summed E-state index contributed by atoms with van der Waals surface area (Å²) in [6.45, 7) is 0. The summed E-state index contributed by atoms with van der Waals surface area (Å²) in [5.74, 6) is 0. The van der Waals surface area contributed by atoms with Crippen LogP contribution in [0.2, 0.25) is 0 Å². The van der Waals surface area contributed by atoms with E-state index in [1.165, 1.54) is 75.4 Å². The summed E-state index contributed by atoms with van der Waals surface area (Å²) in [7, 11) is 0. The van der Waals surface area contributed by atoms with Gasteiger partial charge in [-0.15, -0.1) is 11.3 Å². The van der Waals surface area contributed by atoms with Crippen LogP contribution in [0, 0.1) is 0 Å². The molecular weight excluding hydrogens is 709 g/mol. The zero-order valence-corrected chi connectivity index (χ0v) is 31.9. The summed E-state index contributed by atoms with van der Waals surface area (Å²) in [6, 6.07) is 79.3. The van der Waals surface area contributed by atoms with Crippen LogP contribution in [0.25, 0.3) is 81.0 Å². The minimum Gasteiger partial charge on any atom is -0.311 e. The first kappa shape index (κ1) is 33.2. The first-order chi connectivity index (χ1) is 28.2. The minimum absolute atomic E-state index is 1.10. The van der Waals surface area contributed by atoms with E-state index >= 15 is 0 Å². The van der Waals surface area contributed by atoms with E-state index in [0.29, 0.717) is 0 Å². The number of nitrogens with zero attached hydrogens (tertiary/aromatic N) is 2. The van der Waals surface area contributed by atoms with Gasteiger partial charge in [-0.25, -0.2) is 0 Å². The normalized spacial score (nSPS) is 11.5. The van der Waals surface area contributed by atoms with E-state index in [1.54, 1.807) is 0 Å². The summed E-state index contributed by atoms with van der Waals surface area (Å²) in [5, 5.41) is 5.19. The minimum atomic E-state index is 1.10. The average Bonchev–Trinajstić information content (AvgIpc) is 3.83. The van der Waals surface area contributed by atoms with Gasteiger partial charge in [-0.1, -0.05) is 140 Å². The molecule has 3 heteroatoms. The summed E-state index contributed by atoms with van der Waals surface area (Å²) in [4.78, 5) is 2.35. The Bertz CT molecular complexity index is 3140. The third-order valence-corrected chi connectivity index (χ3v) is 12.4. The molecule has 0 radical (unpaired) electrons. The Morgan fingerprint density at radius 2 is 0.702 bits per heavy atom. The van der Waals surface area contributed by atoms with Crippen molar-refractivity contribution in [1.29, 1.82) is 0 Å². The van der Waals surface area contributed by atoms with E-state index in [1.807, 2.05) is 11.3 Å². The van der Waals surface area contributed by atoms with Crippen LogP contribution in [0.1, 0.15) is 0 Å². The molecular formula is C54H36N2S. The van der Waals surface area contributed by atoms with Crippen LogP contribution < -0.4 is 4.90 Å². The molecule has 0 spiro atoms. The van der Waals surface area contributed by atoms with Crippen molar-refractivity contribution in [3.8, 4) is 39.1 Å². The van der Waals surface area contributed by atoms with Crippen LogP contribution in [0.5, 0.6) is 0 Å². The highest BCUT2D eigenvalue weighted by Gasteiger charge is 2.16. The highest BCUT2D eigenvalue weighted by Crippen LogP contribution is 2.40. The molecule has 11 aromatic rings. The van der Waals surface area contributed by atoms with Gasteiger partial charge in [-0.2, -0.15) is 0 Å². The van der Waals surface area contributed by atoms with Crippen molar-refractivity contribution in [3.63, 3.8) is 0 Å². The zero-order valence-electron chi connectivity index (χ0n) is 31.1. The van der Waals surface area contributed by atoms with Gasteiger partial charge in [0, 0.05) is 53.7 Å². The van der Waals surface area contributed by atoms with Crippen molar-refractivity contribution in [2.75, 3.05) is 4.90 Å². The molecule has 0 aliphatic rings. The lowest BCUT2D eigenvalue weighted by Gasteiger charge is -2.26. The molecule has 11 rings (SSSR count). The van der Waals surface area contributed by atoms with Crippen LogP contribution in [0.3, 0.4) is 0 Å². The number of hydrogen-bond acceptors (Lipinski definition) is 2. The third kappa shape index (κ3) is 5.88. The van der Waals surface area contributed by atoms with E-state index < -0.39 is 0 Å². The molecule has 9 aromatic carbocycles. The molecule has 0 atom stereocenters. The summed E-state index contributed by atoms with van der Waals surface area (Å²) >= 11 is 1.86. The molecule has 2 nitrogen and oxygen atoms in total. The predicted molar refractivity (Wildman–Crippen MR) is 245 cm³/mol. The Hall–Kier alpha value is -7.20. The highest BCUT2D eigenvalue weighted by atomic mass is 32.1. The van der Waals surface area contributed by atoms with Gasteiger partial charge in [0.15, 0.2) is 0 Å². The summed E-state index contributed by atoms with van der Waals surface area (Å²) in [6.07, 6.45) is 0. The third-order valence-electron chi connectivity index (χ3n) is 11.2. The number of aromatic nitrogens is 1. The Kier molecular flexibility index (Phi) is 8.04. The van der Waals surface area contributed by atoms with Gasteiger partial charge in [-0.3, -0.25) is 0 Å². The smallest absolute Gasteiger partial charge is 0.0541 e. The van der Waals surface area contributed by atoms with E-state index in [2.05, 4.69) is 228 Å². The maximum atomic E-state index is 2.37. The van der Waals surface area contributed by atoms with E-state index in [-0.39, 0.29) is 0 Å². The second-order valence-corrected chi connectivity index (χ2v) is 15.7. The van der Waals surface area contributed by atoms with Crippen LogP contribution in [-0.2, 0) is 0 Å². The quantitative estimate of drug-likeness (QED) is 0.158. The summed E-state index contributed by atoms with van der Waals surface area (Å²) < 4.78 is 5.02. The zero-order chi connectivity index (χ0) is 37.7. The maximum absolute atomic E-state index is 2.37. The van der Waals surface area contributed by atoms with Crippen LogP contribution in [-0.4, -0.2) is 4.57 Å². The molecule has 0 unspecified atom stereocenters. The van der Waals surface area contributed by atoms with Gasteiger partial charge < -0.3 is 9.47 Å². The second-order valence-electron chi connectivity index (χ2n) is 14.6. The maximum Gasteiger partial charge on any atom is 0.0541 e. The van der Waals surface area contributed by atoms with Gasteiger partial charge in [0.1, 0.15) is 0 Å². The predicted octanol–water partition coefficient (Wildman–Crippen LogP) is 15.6. The van der Waals surface area contributed by atoms with Crippen molar-refractivity contribution in [2.45, 2.75) is 0 Å². The van der Waals surface area contributed by atoms with Gasteiger partial charge in [0.25, 0.3) is 0 Å². The first-order valence-corrected chi connectivity index (χ1v) is 20.2. The van der Waals surface area contributed by atoms with Crippen molar-refractivity contribution >= 4 is 70.4 Å². The number of rotatable bonds is 7. The monoisotopic (exact) mass is 744 g/mol. The van der Waals surface area contributed by atoms with Crippen LogP contribution in [0.15, 0.2) is 218 Å². The van der Waals surface area contributed by atoms with Gasteiger partial charge in [0.2, 0.25) is 0 Å². The average molecular weight is 745 g/mol. The Labute approximate surface area is 335 Å². The van der Waals surface area contributed by atoms with E-state index in [0.717, 1.165) is 22.7 Å². The Balaban J connectivity index is 0.936. The van der Waals surface area contributed by atoms with Crippen molar-refractivity contribution < 1.29 is 0 Å². The molecule has 2 heterocycles. The molecule has 0 saturated heterocycles. The Morgan fingerprint density at radius 3 is 1.26 bits per heavy atom. The van der Waals surface area contributed by atoms with Gasteiger partial charge in [0.05, 0.1) is 11.0 Å². The molecule has 0 saturated carbocycles. The lowest BCUT2D eigenvalue weighted by molar-refractivity contribution is 1.18. The highest BCUT2D eigenvalue weighted by molar-refractivity contribution is 7.25. The van der Waals surface area contributed by atoms with Gasteiger partial charge in [-0.05, 0) is 112 Å². The number of thiophene rings is 1. The lowest BCUT2D eigenvalue weighted by atomic mass is 10.0. The molecule has 0 aliphatic carbocycles. The standard InChI is InChI=1S/C54H36N2S/c1-2-10-37(11-3-1)38-18-27-43(28-19-38)55(45-31-24-41(25-32-45)42-26-35-54-50(36-42)49-14-6-9-17-53(49)57-54)44-29-20-39(21-30-44)40-22-33-46(34-23-40)56-51-15-7-4-12-47(51)48-13-5-8-16-52(48)56/h1-36H. The number of fused-ring (bicyclic) bond motifs is 6. The molecule has 0 aliphatic heterocycles. The second kappa shape index (κ2) is 13.8. The molecule has 0 N–H and O–H groups in total. The molecule has 0 bridgehead atoms. The molecule has 2 aromatic heterocycles. The van der Waals surface area contributed by atoms with Crippen LogP contribution >= 0.6 is 11.3 Å². The number of anilines is 3. The van der Waals surface area contributed by atoms with E-state index in [9.17, 15) is 0 Å². The fourth-order valence-corrected chi connectivity index (χ4v) is 9.48. The van der Waals surface area contributed by atoms with Crippen molar-refractivity contribution in [1.82, 2.24) is 4.57 Å². The van der Waals surface area contributed by atoms with Crippen molar-refractivity contribution in [3.05, 3.63) is 218 Å². The number of para-hydroxylation sites is 2. The largest absolute Gasteiger partial charge is 0.311 e. The topological polar surface area (TPSA) is 8.17 Å². The summed E-state index contributed by atoms with van der Waals surface area (Å²) in [5.41, 5.74) is 14.1. The molecule has 0 fully saturated rings. The molecule has 0 amide bonds. The lowest BCUT2D eigenvalue weighted by Crippen LogP contribution is -2.09. The molecule has 57 heavy (non-hydrogen) atoms. The van der Waals surface area contributed by atoms with E-state index in [4.69, 9.17) is 0 Å². The van der Waals surface area contributed by atoms with Gasteiger partial charge >= 0.3 is 0 Å². The van der Waals surface area contributed by atoms with Crippen LogP contribution in [0.4, 0.5) is 17.1 Å². The fourth-order valence-electron chi connectivity index (χ4n) is 8.40.